The molecule has 1 aliphatic rings. The zero-order valence-corrected chi connectivity index (χ0v) is 20.3. The molecule has 1 amide bonds. The molecule has 192 valence electrons. The maximum Gasteiger partial charge on any atom is 0.252 e. The molecule has 1 fully saturated rings. The van der Waals surface area contributed by atoms with E-state index >= 15 is 0 Å². The minimum absolute atomic E-state index is 0.0583. The summed E-state index contributed by atoms with van der Waals surface area (Å²) in [6.45, 7) is 3.12. The molecule has 0 saturated carbocycles. The summed E-state index contributed by atoms with van der Waals surface area (Å²) < 4.78 is 39.8. The SMILES string of the molecule is COc1ccc([C@H](NC(=O)c2cc(F)c3cnc(NC4CCOCC4)nc3c2)c2ncc(C)[nH]2)cc1F. The van der Waals surface area contributed by atoms with Gasteiger partial charge in [0.05, 0.1) is 18.0 Å². The van der Waals surface area contributed by atoms with Gasteiger partial charge in [-0.05, 0) is 49.6 Å². The Kier molecular flexibility index (Phi) is 6.95. The Hall–Kier alpha value is -4.12. The van der Waals surface area contributed by atoms with Gasteiger partial charge >= 0.3 is 0 Å². The van der Waals surface area contributed by atoms with E-state index in [1.165, 1.54) is 31.5 Å². The first-order valence-corrected chi connectivity index (χ1v) is 11.9. The third kappa shape index (κ3) is 5.36. The average Bonchev–Trinajstić information content (AvgIpc) is 3.33. The van der Waals surface area contributed by atoms with E-state index in [2.05, 4.69) is 30.6 Å². The molecule has 0 aliphatic carbocycles. The fourth-order valence-electron chi connectivity index (χ4n) is 4.28. The highest BCUT2D eigenvalue weighted by molar-refractivity contribution is 5.98. The topological polar surface area (TPSA) is 114 Å². The molecule has 2 aromatic heterocycles. The number of nitrogens with zero attached hydrogens (tertiary/aromatic N) is 3. The summed E-state index contributed by atoms with van der Waals surface area (Å²) in [6, 6.07) is 6.34. The Labute approximate surface area is 211 Å². The highest BCUT2D eigenvalue weighted by Gasteiger charge is 2.23. The van der Waals surface area contributed by atoms with Crippen LogP contribution in [0.5, 0.6) is 5.75 Å². The number of hydrogen-bond donors (Lipinski definition) is 3. The van der Waals surface area contributed by atoms with E-state index in [1.54, 1.807) is 12.3 Å². The standard InChI is InChI=1S/C26H26F2N6O3/c1-14-12-29-24(31-14)23(15-3-4-22(36-2)20(28)9-15)34-25(35)16-10-19(27)18-13-30-26(33-21(18)11-16)32-17-5-7-37-8-6-17/h3-4,9-13,17,23H,5-8H2,1-2H3,(H,29,31)(H,34,35)(H,30,32,33)/t23-/m0/s1. The number of hydrogen-bond acceptors (Lipinski definition) is 7. The first-order valence-electron chi connectivity index (χ1n) is 11.9. The summed E-state index contributed by atoms with van der Waals surface area (Å²) in [4.78, 5) is 29.4. The second-order valence-electron chi connectivity index (χ2n) is 8.87. The predicted molar refractivity (Wildman–Crippen MR) is 133 cm³/mol. The highest BCUT2D eigenvalue weighted by atomic mass is 19.1. The number of rotatable bonds is 7. The molecule has 2 aromatic carbocycles. The molecule has 5 rings (SSSR count). The number of halogens is 2. The first kappa shape index (κ1) is 24.6. The Morgan fingerprint density at radius 1 is 1.14 bits per heavy atom. The van der Waals surface area contributed by atoms with Crippen molar-refractivity contribution in [1.82, 2.24) is 25.3 Å². The first-order chi connectivity index (χ1) is 17.9. The van der Waals surface area contributed by atoms with Crippen molar-refractivity contribution < 1.29 is 23.0 Å². The molecular formula is C26H26F2N6O3. The lowest BCUT2D eigenvalue weighted by Gasteiger charge is -2.23. The number of carbonyl (C=O) groups is 1. The summed E-state index contributed by atoms with van der Waals surface area (Å²) in [5, 5.41) is 6.28. The van der Waals surface area contributed by atoms with Gasteiger partial charge in [0.25, 0.3) is 5.91 Å². The summed E-state index contributed by atoms with van der Waals surface area (Å²) in [5.74, 6) is -0.947. The lowest BCUT2D eigenvalue weighted by Crippen LogP contribution is -2.30. The van der Waals surface area contributed by atoms with Crippen molar-refractivity contribution in [2.75, 3.05) is 25.6 Å². The molecule has 4 aromatic rings. The van der Waals surface area contributed by atoms with Gasteiger partial charge in [-0.3, -0.25) is 4.79 Å². The molecule has 11 heteroatoms. The molecule has 1 atom stereocenters. The van der Waals surface area contributed by atoms with Gasteiger partial charge in [-0.25, -0.2) is 23.7 Å². The number of aromatic nitrogens is 4. The molecule has 37 heavy (non-hydrogen) atoms. The molecule has 0 radical (unpaired) electrons. The second kappa shape index (κ2) is 10.5. The van der Waals surface area contributed by atoms with Gasteiger partial charge in [-0.1, -0.05) is 6.07 Å². The summed E-state index contributed by atoms with van der Waals surface area (Å²) in [7, 11) is 1.37. The van der Waals surface area contributed by atoms with E-state index in [9.17, 15) is 13.6 Å². The molecular weight excluding hydrogens is 482 g/mol. The number of aromatic amines is 1. The van der Waals surface area contributed by atoms with Crippen LogP contribution in [0.3, 0.4) is 0 Å². The van der Waals surface area contributed by atoms with Crippen molar-refractivity contribution in [3.05, 3.63) is 77.0 Å². The van der Waals surface area contributed by atoms with Crippen LogP contribution in [-0.2, 0) is 4.74 Å². The number of carbonyl (C=O) groups excluding carboxylic acids is 1. The number of imidazole rings is 1. The van der Waals surface area contributed by atoms with Crippen molar-refractivity contribution in [3.63, 3.8) is 0 Å². The molecule has 0 bridgehead atoms. The zero-order valence-electron chi connectivity index (χ0n) is 20.3. The number of amides is 1. The minimum atomic E-state index is -0.823. The quantitative estimate of drug-likeness (QED) is 0.345. The van der Waals surface area contributed by atoms with Crippen molar-refractivity contribution in [3.8, 4) is 5.75 Å². The molecule has 3 heterocycles. The van der Waals surface area contributed by atoms with Crippen molar-refractivity contribution >= 4 is 22.8 Å². The number of H-pyrrole nitrogens is 1. The lowest BCUT2D eigenvalue weighted by molar-refractivity contribution is 0.0903. The maximum atomic E-state index is 14.9. The van der Waals surface area contributed by atoms with Crippen LogP contribution < -0.4 is 15.4 Å². The molecule has 3 N–H and O–H groups in total. The third-order valence-electron chi connectivity index (χ3n) is 6.25. The zero-order chi connectivity index (χ0) is 25.9. The Balaban J connectivity index is 1.44. The van der Waals surface area contributed by atoms with E-state index in [1.807, 2.05) is 6.92 Å². The van der Waals surface area contributed by atoms with Crippen LogP contribution in [0.4, 0.5) is 14.7 Å². The van der Waals surface area contributed by atoms with Crippen molar-refractivity contribution in [1.29, 1.82) is 0 Å². The van der Waals surface area contributed by atoms with Crippen molar-refractivity contribution in [2.24, 2.45) is 0 Å². The summed E-state index contributed by atoms with van der Waals surface area (Å²) in [5.41, 5.74) is 1.55. The van der Waals surface area contributed by atoms with Crippen LogP contribution in [-0.4, -0.2) is 52.2 Å². The Bertz CT molecular complexity index is 1440. The molecule has 9 nitrogen and oxygen atoms in total. The number of ether oxygens (including phenoxy) is 2. The number of benzene rings is 2. The van der Waals surface area contributed by atoms with E-state index in [0.717, 1.165) is 24.6 Å². The van der Waals surface area contributed by atoms with E-state index in [4.69, 9.17) is 9.47 Å². The van der Waals surface area contributed by atoms with Crippen LogP contribution in [0.2, 0.25) is 0 Å². The Morgan fingerprint density at radius 2 is 1.95 bits per heavy atom. The predicted octanol–water partition coefficient (Wildman–Crippen LogP) is 4.06. The molecule has 1 saturated heterocycles. The lowest BCUT2D eigenvalue weighted by atomic mass is 10.0. The number of aryl methyl sites for hydroxylation is 1. The van der Waals surface area contributed by atoms with Crippen LogP contribution in [0.1, 0.15) is 46.3 Å². The summed E-state index contributed by atoms with van der Waals surface area (Å²) >= 11 is 0. The van der Waals surface area contributed by atoms with Crippen LogP contribution in [0, 0.1) is 18.6 Å². The van der Waals surface area contributed by atoms with Gasteiger partial charge in [0, 0.05) is 42.9 Å². The van der Waals surface area contributed by atoms with E-state index in [-0.39, 0.29) is 28.3 Å². The Morgan fingerprint density at radius 3 is 2.65 bits per heavy atom. The maximum absolute atomic E-state index is 14.9. The van der Waals surface area contributed by atoms with Crippen molar-refractivity contribution in [2.45, 2.75) is 31.8 Å². The monoisotopic (exact) mass is 508 g/mol. The average molecular weight is 509 g/mol. The van der Waals surface area contributed by atoms with Crippen LogP contribution in [0.25, 0.3) is 10.9 Å². The smallest absolute Gasteiger partial charge is 0.252 e. The normalized spacial score (nSPS) is 14.9. The molecule has 0 unspecified atom stereocenters. The van der Waals surface area contributed by atoms with Gasteiger partial charge in [-0.2, -0.15) is 0 Å². The van der Waals surface area contributed by atoms with Crippen LogP contribution in [0.15, 0.2) is 42.7 Å². The van der Waals surface area contributed by atoms with E-state index < -0.39 is 23.6 Å². The molecule has 1 aliphatic heterocycles. The number of fused-ring (bicyclic) bond motifs is 1. The highest BCUT2D eigenvalue weighted by Crippen LogP contribution is 2.27. The fraction of sp³-hybridized carbons (Fsp3) is 0.308. The van der Waals surface area contributed by atoms with Gasteiger partial charge in [0.15, 0.2) is 11.6 Å². The second-order valence-corrected chi connectivity index (χ2v) is 8.87. The summed E-state index contributed by atoms with van der Waals surface area (Å²) in [6.07, 6.45) is 4.64. The molecule has 0 spiro atoms. The van der Waals surface area contributed by atoms with Gasteiger partial charge < -0.3 is 25.1 Å². The van der Waals surface area contributed by atoms with Crippen LogP contribution >= 0.6 is 0 Å². The van der Waals surface area contributed by atoms with Gasteiger partial charge in [0.2, 0.25) is 5.95 Å². The third-order valence-corrected chi connectivity index (χ3v) is 6.25. The number of methoxy groups -OCH3 is 1. The van der Waals surface area contributed by atoms with E-state index in [0.29, 0.717) is 30.5 Å². The number of anilines is 1. The minimum Gasteiger partial charge on any atom is -0.494 e. The largest absolute Gasteiger partial charge is 0.494 e. The van der Waals surface area contributed by atoms with Gasteiger partial charge in [0.1, 0.15) is 17.7 Å². The number of nitrogens with one attached hydrogen (secondary N) is 3. The fourth-order valence-corrected chi connectivity index (χ4v) is 4.28. The van der Waals surface area contributed by atoms with Gasteiger partial charge in [-0.15, -0.1) is 0 Å².